The molecule has 1 heterocycles. The predicted octanol–water partition coefficient (Wildman–Crippen LogP) is 1.96. The molecule has 0 aromatic carbocycles. The van der Waals surface area contributed by atoms with Crippen LogP contribution in [0.2, 0.25) is 0 Å². The number of nitrogens with one attached hydrogen (secondary N) is 2. The van der Waals surface area contributed by atoms with Gasteiger partial charge in [-0.25, -0.2) is 9.78 Å². The number of amides is 2. The predicted molar refractivity (Wildman–Crippen MR) is 56.4 cm³/mol. The number of carbonyl (C=O) groups is 1. The van der Waals surface area contributed by atoms with Gasteiger partial charge in [-0.1, -0.05) is 19.9 Å². The first-order chi connectivity index (χ1) is 6.63. The SMILES string of the molecule is CNC(=O)Nc1cccc(C(C)C)n1. The second-order valence-corrected chi connectivity index (χ2v) is 3.31. The smallest absolute Gasteiger partial charge is 0.320 e. The molecule has 14 heavy (non-hydrogen) atoms. The van der Waals surface area contributed by atoms with Gasteiger partial charge in [0.1, 0.15) is 5.82 Å². The summed E-state index contributed by atoms with van der Waals surface area (Å²) in [4.78, 5) is 15.3. The Morgan fingerprint density at radius 2 is 2.14 bits per heavy atom. The zero-order valence-electron chi connectivity index (χ0n) is 8.66. The number of aromatic nitrogens is 1. The van der Waals surface area contributed by atoms with Gasteiger partial charge in [0.15, 0.2) is 0 Å². The van der Waals surface area contributed by atoms with Gasteiger partial charge in [0.25, 0.3) is 0 Å². The topological polar surface area (TPSA) is 54.0 Å². The average Bonchev–Trinajstić information content (AvgIpc) is 2.18. The highest BCUT2D eigenvalue weighted by molar-refractivity contribution is 5.87. The van der Waals surface area contributed by atoms with Gasteiger partial charge in [-0.05, 0) is 18.1 Å². The number of carbonyl (C=O) groups excluding carboxylic acids is 1. The van der Waals surface area contributed by atoms with Crippen molar-refractivity contribution >= 4 is 11.8 Å². The lowest BCUT2D eigenvalue weighted by Gasteiger charge is -2.07. The summed E-state index contributed by atoms with van der Waals surface area (Å²) in [5.74, 6) is 0.942. The third-order valence-electron chi connectivity index (χ3n) is 1.83. The van der Waals surface area contributed by atoms with Crippen molar-refractivity contribution in [2.45, 2.75) is 19.8 Å². The first-order valence-electron chi connectivity index (χ1n) is 4.59. The fraction of sp³-hybridized carbons (Fsp3) is 0.400. The zero-order chi connectivity index (χ0) is 10.6. The lowest BCUT2D eigenvalue weighted by Crippen LogP contribution is -2.25. The summed E-state index contributed by atoms with van der Waals surface area (Å²) in [5.41, 5.74) is 0.971. The molecule has 1 aromatic rings. The van der Waals surface area contributed by atoms with Crippen LogP contribution < -0.4 is 10.6 Å². The van der Waals surface area contributed by atoms with Crippen LogP contribution in [0, 0.1) is 0 Å². The third kappa shape index (κ3) is 2.73. The van der Waals surface area contributed by atoms with E-state index < -0.39 is 0 Å². The average molecular weight is 193 g/mol. The monoisotopic (exact) mass is 193 g/mol. The van der Waals surface area contributed by atoms with Crippen LogP contribution in [0.1, 0.15) is 25.5 Å². The molecule has 0 saturated heterocycles. The molecule has 0 spiro atoms. The van der Waals surface area contributed by atoms with Gasteiger partial charge in [0.05, 0.1) is 0 Å². The summed E-state index contributed by atoms with van der Waals surface area (Å²) in [5, 5.41) is 5.10. The lowest BCUT2D eigenvalue weighted by molar-refractivity contribution is 0.254. The molecule has 4 heteroatoms. The fourth-order valence-corrected chi connectivity index (χ4v) is 1.02. The highest BCUT2D eigenvalue weighted by atomic mass is 16.2. The van der Waals surface area contributed by atoms with Gasteiger partial charge in [-0.15, -0.1) is 0 Å². The molecular weight excluding hydrogens is 178 g/mol. The minimum atomic E-state index is -0.251. The van der Waals surface area contributed by atoms with Gasteiger partial charge in [-0.2, -0.15) is 0 Å². The summed E-state index contributed by atoms with van der Waals surface area (Å²) >= 11 is 0. The molecule has 1 rings (SSSR count). The van der Waals surface area contributed by atoms with E-state index in [1.54, 1.807) is 13.1 Å². The Labute approximate surface area is 83.7 Å². The quantitative estimate of drug-likeness (QED) is 0.754. The van der Waals surface area contributed by atoms with Crippen LogP contribution in [0.4, 0.5) is 10.6 Å². The molecule has 0 saturated carbocycles. The molecule has 0 aliphatic heterocycles. The van der Waals surface area contributed by atoms with Gasteiger partial charge >= 0.3 is 6.03 Å². The van der Waals surface area contributed by atoms with Crippen molar-refractivity contribution in [1.82, 2.24) is 10.3 Å². The number of hydrogen-bond donors (Lipinski definition) is 2. The standard InChI is InChI=1S/C10H15N3O/c1-7(2)8-5-4-6-9(12-8)13-10(14)11-3/h4-7H,1-3H3,(H2,11,12,13,14). The zero-order valence-corrected chi connectivity index (χ0v) is 8.66. The maximum atomic E-state index is 11.0. The normalized spacial score (nSPS) is 10.0. The Morgan fingerprint density at radius 1 is 1.43 bits per heavy atom. The molecule has 76 valence electrons. The molecule has 2 amide bonds. The van der Waals surface area contributed by atoms with Gasteiger partial charge in [0, 0.05) is 12.7 Å². The number of nitrogens with zero attached hydrogens (tertiary/aromatic N) is 1. The molecule has 0 atom stereocenters. The van der Waals surface area contributed by atoms with Crippen molar-refractivity contribution < 1.29 is 4.79 Å². The lowest BCUT2D eigenvalue weighted by atomic mass is 10.1. The Hall–Kier alpha value is -1.58. The summed E-state index contributed by atoms with van der Waals surface area (Å²) in [6.07, 6.45) is 0. The third-order valence-corrected chi connectivity index (χ3v) is 1.83. The van der Waals surface area contributed by atoms with E-state index in [-0.39, 0.29) is 6.03 Å². The maximum Gasteiger partial charge on any atom is 0.320 e. The Bertz CT molecular complexity index is 323. The molecule has 2 N–H and O–H groups in total. The van der Waals surface area contributed by atoms with Crippen LogP contribution in [0.5, 0.6) is 0 Å². The van der Waals surface area contributed by atoms with E-state index >= 15 is 0 Å². The number of urea groups is 1. The molecule has 0 radical (unpaired) electrons. The largest absolute Gasteiger partial charge is 0.341 e. The molecule has 0 aliphatic rings. The second-order valence-electron chi connectivity index (χ2n) is 3.31. The molecule has 1 aromatic heterocycles. The van der Waals surface area contributed by atoms with E-state index in [1.807, 2.05) is 12.1 Å². The van der Waals surface area contributed by atoms with Crippen molar-refractivity contribution in [3.8, 4) is 0 Å². The molecule has 0 unspecified atom stereocenters. The molecule has 4 nitrogen and oxygen atoms in total. The van der Waals surface area contributed by atoms with Crippen LogP contribution in [0.15, 0.2) is 18.2 Å². The van der Waals surface area contributed by atoms with Crippen LogP contribution in [-0.4, -0.2) is 18.1 Å². The first kappa shape index (κ1) is 10.5. The number of rotatable bonds is 2. The Kier molecular flexibility index (Phi) is 3.45. The van der Waals surface area contributed by atoms with Crippen LogP contribution in [0.25, 0.3) is 0 Å². The van der Waals surface area contributed by atoms with Crippen LogP contribution >= 0.6 is 0 Å². The van der Waals surface area contributed by atoms with E-state index in [9.17, 15) is 4.79 Å². The molecule has 0 aliphatic carbocycles. The van der Waals surface area contributed by atoms with Crippen molar-refractivity contribution in [3.63, 3.8) is 0 Å². The van der Waals surface area contributed by atoms with Crippen LogP contribution in [-0.2, 0) is 0 Å². The van der Waals surface area contributed by atoms with Gasteiger partial charge in [0.2, 0.25) is 0 Å². The molecule has 0 fully saturated rings. The van der Waals surface area contributed by atoms with Crippen LogP contribution in [0.3, 0.4) is 0 Å². The van der Waals surface area contributed by atoms with Crippen molar-refractivity contribution in [3.05, 3.63) is 23.9 Å². The number of pyridine rings is 1. The van der Waals surface area contributed by atoms with Crippen molar-refractivity contribution in [2.24, 2.45) is 0 Å². The first-order valence-corrected chi connectivity index (χ1v) is 4.59. The highest BCUT2D eigenvalue weighted by Crippen LogP contribution is 2.13. The minimum absolute atomic E-state index is 0.251. The summed E-state index contributed by atoms with van der Waals surface area (Å²) in [6.45, 7) is 4.12. The minimum Gasteiger partial charge on any atom is -0.341 e. The maximum absolute atomic E-state index is 11.0. The summed E-state index contributed by atoms with van der Waals surface area (Å²) in [7, 11) is 1.57. The van der Waals surface area contributed by atoms with Crippen molar-refractivity contribution in [2.75, 3.05) is 12.4 Å². The fourth-order valence-electron chi connectivity index (χ4n) is 1.02. The van der Waals surface area contributed by atoms with Crippen molar-refractivity contribution in [1.29, 1.82) is 0 Å². The molecule has 0 bridgehead atoms. The van der Waals surface area contributed by atoms with Gasteiger partial charge in [-0.3, -0.25) is 5.32 Å². The Balaban J connectivity index is 2.78. The Morgan fingerprint density at radius 3 is 2.71 bits per heavy atom. The number of anilines is 1. The van der Waals surface area contributed by atoms with E-state index in [0.717, 1.165) is 5.69 Å². The summed E-state index contributed by atoms with van der Waals surface area (Å²) < 4.78 is 0. The van der Waals surface area contributed by atoms with E-state index in [1.165, 1.54) is 0 Å². The van der Waals surface area contributed by atoms with E-state index in [0.29, 0.717) is 11.7 Å². The number of hydrogen-bond acceptors (Lipinski definition) is 2. The second kappa shape index (κ2) is 4.60. The van der Waals surface area contributed by atoms with E-state index in [4.69, 9.17) is 0 Å². The van der Waals surface area contributed by atoms with Gasteiger partial charge < -0.3 is 5.32 Å². The molecular formula is C10H15N3O. The van der Waals surface area contributed by atoms with E-state index in [2.05, 4.69) is 29.5 Å². The highest BCUT2D eigenvalue weighted by Gasteiger charge is 2.03. The summed E-state index contributed by atoms with van der Waals surface area (Å²) in [6, 6.07) is 5.34.